The number of amides is 1. The highest BCUT2D eigenvalue weighted by Gasteiger charge is 2.34. The van der Waals surface area contributed by atoms with Crippen molar-refractivity contribution in [2.75, 3.05) is 11.4 Å². The molecule has 0 N–H and O–H groups in total. The average molecular weight is 511 g/mol. The van der Waals surface area contributed by atoms with E-state index in [9.17, 15) is 4.79 Å². The van der Waals surface area contributed by atoms with Gasteiger partial charge in [-0.3, -0.25) is 4.79 Å². The molecule has 1 aliphatic heterocycles. The molecule has 0 radical (unpaired) electrons. The molecule has 4 rings (SSSR count). The summed E-state index contributed by atoms with van der Waals surface area (Å²) in [5, 5.41) is 0. The number of carbonyl (C=O) groups excluding carboxylic acids is 1. The first kappa shape index (κ1) is 24.0. The Hall–Kier alpha value is -2.14. The summed E-state index contributed by atoms with van der Waals surface area (Å²) in [6, 6.07) is 16.4. The number of aryl methyl sites for hydroxylation is 1. The lowest BCUT2D eigenvalue weighted by molar-refractivity contribution is -0.117. The molecule has 1 aliphatic rings. The topological polar surface area (TPSA) is 38.1 Å². The predicted molar refractivity (Wildman–Crippen MR) is 141 cm³/mol. The zero-order valence-electron chi connectivity index (χ0n) is 19.8. The van der Waals surface area contributed by atoms with Crippen molar-refractivity contribution in [3.8, 4) is 0 Å². The van der Waals surface area contributed by atoms with Gasteiger partial charge >= 0.3 is 0 Å². The number of aromatic nitrogens is 2. The average Bonchev–Trinajstić information content (AvgIpc) is 3.39. The van der Waals surface area contributed by atoms with E-state index in [1.165, 1.54) is 63.3 Å². The monoisotopic (exact) mass is 509 g/mol. The number of hydrogen-bond acceptors (Lipinski definition) is 2. The molecule has 1 atom stereocenters. The molecule has 0 aliphatic carbocycles. The third-order valence-corrected chi connectivity index (χ3v) is 7.33. The molecule has 0 spiro atoms. The Bertz CT molecular complexity index is 1040. The minimum absolute atomic E-state index is 0.132. The molecular formula is C28H36BrN3O. The van der Waals surface area contributed by atoms with Crippen molar-refractivity contribution >= 4 is 38.6 Å². The summed E-state index contributed by atoms with van der Waals surface area (Å²) in [5.74, 6) is 1.39. The van der Waals surface area contributed by atoms with E-state index in [0.717, 1.165) is 28.0 Å². The van der Waals surface area contributed by atoms with Gasteiger partial charge in [-0.2, -0.15) is 0 Å². The fourth-order valence-electron chi connectivity index (χ4n) is 4.97. The highest BCUT2D eigenvalue weighted by Crippen LogP contribution is 2.34. The number of unbranched alkanes of at least 4 members (excludes halogenated alkanes) is 8. The summed E-state index contributed by atoms with van der Waals surface area (Å²) >= 11 is 3.48. The van der Waals surface area contributed by atoms with Crippen molar-refractivity contribution in [3.05, 3.63) is 58.8 Å². The summed E-state index contributed by atoms with van der Waals surface area (Å²) < 4.78 is 3.41. The Balaban J connectivity index is 1.40. The molecule has 1 unspecified atom stereocenters. The number of benzene rings is 2. The number of anilines is 1. The lowest BCUT2D eigenvalue weighted by atomic mass is 10.1. The van der Waals surface area contributed by atoms with E-state index in [1.807, 2.05) is 29.2 Å². The quantitative estimate of drug-likeness (QED) is 0.233. The summed E-state index contributed by atoms with van der Waals surface area (Å²) in [6.07, 6.45) is 12.4. The van der Waals surface area contributed by atoms with Crippen molar-refractivity contribution in [3.63, 3.8) is 0 Å². The molecule has 3 aromatic rings. The fraction of sp³-hybridized carbons (Fsp3) is 0.500. The standard InChI is InChI=1S/C28H36BrN3O/c1-2-3-4-5-6-7-8-9-12-19-31-26-14-11-10-13-25(26)30-28(31)22-20-27(33)32(21-22)24-17-15-23(29)16-18-24/h10-11,13-18,22H,2-9,12,19-21H2,1H3. The summed E-state index contributed by atoms with van der Waals surface area (Å²) in [5.41, 5.74) is 3.20. The Morgan fingerprint density at radius 1 is 0.909 bits per heavy atom. The lowest BCUT2D eigenvalue weighted by Crippen LogP contribution is -2.24. The zero-order chi connectivity index (χ0) is 23.0. The molecule has 5 heteroatoms. The first-order chi connectivity index (χ1) is 16.2. The normalized spacial score (nSPS) is 16.2. The fourth-order valence-corrected chi connectivity index (χ4v) is 5.24. The second-order valence-electron chi connectivity index (χ2n) is 9.32. The van der Waals surface area contributed by atoms with E-state index >= 15 is 0 Å². The van der Waals surface area contributed by atoms with E-state index in [0.29, 0.717) is 13.0 Å². The van der Waals surface area contributed by atoms with Gasteiger partial charge in [0.25, 0.3) is 0 Å². The third-order valence-electron chi connectivity index (χ3n) is 6.80. The van der Waals surface area contributed by atoms with Crippen LogP contribution in [0.3, 0.4) is 0 Å². The number of rotatable bonds is 12. The van der Waals surface area contributed by atoms with Crippen LogP contribution in [0.25, 0.3) is 11.0 Å². The maximum absolute atomic E-state index is 12.9. The number of hydrogen-bond donors (Lipinski definition) is 0. The van der Waals surface area contributed by atoms with Crippen LogP contribution in [0, 0.1) is 0 Å². The van der Waals surface area contributed by atoms with E-state index in [4.69, 9.17) is 4.98 Å². The predicted octanol–water partition coefficient (Wildman–Crippen LogP) is 7.85. The van der Waals surface area contributed by atoms with Gasteiger partial charge in [0, 0.05) is 35.6 Å². The van der Waals surface area contributed by atoms with Crippen molar-refractivity contribution in [1.29, 1.82) is 0 Å². The van der Waals surface area contributed by atoms with Gasteiger partial charge in [-0.25, -0.2) is 4.98 Å². The van der Waals surface area contributed by atoms with Crippen LogP contribution in [0.1, 0.15) is 82.9 Å². The van der Waals surface area contributed by atoms with E-state index in [-0.39, 0.29) is 11.8 Å². The largest absolute Gasteiger partial charge is 0.328 e. The van der Waals surface area contributed by atoms with Gasteiger partial charge in [0.15, 0.2) is 0 Å². The molecule has 1 saturated heterocycles. The molecule has 0 bridgehead atoms. The number of imidazole rings is 1. The Morgan fingerprint density at radius 2 is 1.58 bits per heavy atom. The molecule has 1 amide bonds. The lowest BCUT2D eigenvalue weighted by Gasteiger charge is -2.17. The summed E-state index contributed by atoms with van der Waals surface area (Å²) in [4.78, 5) is 19.8. The molecule has 33 heavy (non-hydrogen) atoms. The molecule has 0 saturated carbocycles. The maximum Gasteiger partial charge on any atom is 0.227 e. The molecule has 2 heterocycles. The maximum atomic E-state index is 12.9. The van der Waals surface area contributed by atoms with Crippen LogP contribution in [0.4, 0.5) is 5.69 Å². The Labute approximate surface area is 206 Å². The molecular weight excluding hydrogens is 474 g/mol. The zero-order valence-corrected chi connectivity index (χ0v) is 21.4. The van der Waals surface area contributed by atoms with Crippen molar-refractivity contribution in [2.24, 2.45) is 0 Å². The second-order valence-corrected chi connectivity index (χ2v) is 10.2. The Kier molecular flexibility index (Phi) is 8.60. The van der Waals surface area contributed by atoms with Gasteiger partial charge in [0.05, 0.1) is 11.0 Å². The number of carbonyl (C=O) groups is 1. The van der Waals surface area contributed by atoms with Crippen molar-refractivity contribution in [2.45, 2.75) is 83.6 Å². The molecule has 4 nitrogen and oxygen atoms in total. The third kappa shape index (κ3) is 6.06. The van der Waals surface area contributed by atoms with Gasteiger partial charge in [-0.1, -0.05) is 86.4 Å². The van der Waals surface area contributed by atoms with Crippen molar-refractivity contribution in [1.82, 2.24) is 9.55 Å². The number of nitrogens with zero attached hydrogens (tertiary/aromatic N) is 3. The number of para-hydroxylation sites is 2. The number of halogens is 1. The van der Waals surface area contributed by atoms with Crippen LogP contribution >= 0.6 is 15.9 Å². The minimum atomic E-state index is 0.132. The van der Waals surface area contributed by atoms with Gasteiger partial charge in [0.2, 0.25) is 5.91 Å². The number of fused-ring (bicyclic) bond motifs is 1. The molecule has 2 aromatic carbocycles. The second kappa shape index (κ2) is 11.8. The Morgan fingerprint density at radius 3 is 2.30 bits per heavy atom. The molecule has 1 fully saturated rings. The molecule has 1 aromatic heterocycles. The van der Waals surface area contributed by atoms with Gasteiger partial charge < -0.3 is 9.47 Å². The van der Waals surface area contributed by atoms with Crippen molar-refractivity contribution < 1.29 is 4.79 Å². The van der Waals surface area contributed by atoms with Gasteiger partial charge in [0.1, 0.15) is 5.82 Å². The summed E-state index contributed by atoms with van der Waals surface area (Å²) in [6.45, 7) is 3.95. The van der Waals surface area contributed by atoms with Crippen LogP contribution in [0.15, 0.2) is 53.0 Å². The van der Waals surface area contributed by atoms with Crippen LogP contribution in [-0.2, 0) is 11.3 Å². The molecule has 176 valence electrons. The first-order valence-electron chi connectivity index (χ1n) is 12.7. The van der Waals surface area contributed by atoms with E-state index in [1.54, 1.807) is 0 Å². The van der Waals surface area contributed by atoms with E-state index in [2.05, 4.69) is 51.7 Å². The SMILES string of the molecule is CCCCCCCCCCCn1c(C2CC(=O)N(c3ccc(Br)cc3)C2)nc2ccccc21. The van der Waals surface area contributed by atoms with Crippen LogP contribution in [0.5, 0.6) is 0 Å². The highest BCUT2D eigenvalue weighted by atomic mass is 79.9. The van der Waals surface area contributed by atoms with Gasteiger partial charge in [-0.05, 0) is 42.8 Å². The first-order valence-corrected chi connectivity index (χ1v) is 13.5. The minimum Gasteiger partial charge on any atom is -0.328 e. The van der Waals surface area contributed by atoms with Crippen LogP contribution in [0.2, 0.25) is 0 Å². The van der Waals surface area contributed by atoms with Crippen LogP contribution < -0.4 is 4.90 Å². The van der Waals surface area contributed by atoms with Gasteiger partial charge in [-0.15, -0.1) is 0 Å². The van der Waals surface area contributed by atoms with E-state index < -0.39 is 0 Å². The smallest absolute Gasteiger partial charge is 0.227 e. The highest BCUT2D eigenvalue weighted by molar-refractivity contribution is 9.10. The van der Waals surface area contributed by atoms with Crippen LogP contribution in [-0.4, -0.2) is 22.0 Å². The summed E-state index contributed by atoms with van der Waals surface area (Å²) in [7, 11) is 0.